The third-order valence-corrected chi connectivity index (χ3v) is 6.65. The van der Waals surface area contributed by atoms with Crippen LogP contribution in [0.5, 0.6) is 0 Å². The number of anilines is 1. The molecule has 4 heterocycles. The zero-order chi connectivity index (χ0) is 27.4. The summed E-state index contributed by atoms with van der Waals surface area (Å²) in [7, 11) is 0. The Labute approximate surface area is 221 Å². The molecule has 0 bridgehead atoms. The monoisotopic (exact) mass is 547 g/mol. The Morgan fingerprint density at radius 3 is 2.55 bits per heavy atom. The minimum Gasteiger partial charge on any atom is -0.381 e. The normalized spacial score (nSPS) is 16.0. The predicted molar refractivity (Wildman–Crippen MR) is 134 cm³/mol. The van der Waals surface area contributed by atoms with Gasteiger partial charge in [-0.3, -0.25) is 14.4 Å². The van der Waals surface area contributed by atoms with Gasteiger partial charge in [0.2, 0.25) is 0 Å². The summed E-state index contributed by atoms with van der Waals surface area (Å²) in [6.07, 6.45) is -3.29. The first kappa shape index (κ1) is 26.0. The van der Waals surface area contributed by atoms with Crippen LogP contribution in [0.1, 0.15) is 38.1 Å². The van der Waals surface area contributed by atoms with Crippen molar-refractivity contribution in [3.63, 3.8) is 0 Å². The summed E-state index contributed by atoms with van der Waals surface area (Å²) in [4.78, 5) is 18.2. The van der Waals surface area contributed by atoms with Crippen molar-refractivity contribution in [1.82, 2.24) is 29.1 Å². The molecule has 0 saturated heterocycles. The number of carbonyl (C=O) groups is 1. The molecule has 1 atom stereocenters. The average Bonchev–Trinajstić information content (AvgIpc) is 3.58. The first-order valence-corrected chi connectivity index (χ1v) is 12.4. The molecule has 200 valence electrons. The molecule has 1 amide bonds. The largest absolute Gasteiger partial charge is 0.434 e. The lowest BCUT2D eigenvalue weighted by atomic mass is 10.1. The fourth-order valence-electron chi connectivity index (χ4n) is 4.51. The number of rotatable bonds is 6. The standard InChI is InChI=1S/C25H25ClF3N7O2/c1-4-33-13-20(25(27,28)29)31-23(33)16-7-5-15(6-8-16)11-34-21-9-18(32-35(21)12-19(37)24(34)38)22-17(26)10-30-36(22)14(2)3/h5-10,13-14,19,37H,4,11-12H2,1-3H3. The number of aryl methyl sites for hydroxylation is 1. The average molecular weight is 548 g/mol. The number of aliphatic hydroxyl groups is 1. The van der Waals surface area contributed by atoms with Crippen molar-refractivity contribution in [3.8, 4) is 22.8 Å². The van der Waals surface area contributed by atoms with E-state index in [1.807, 2.05) is 13.8 Å². The zero-order valence-corrected chi connectivity index (χ0v) is 21.6. The van der Waals surface area contributed by atoms with Crippen LogP contribution in [0.25, 0.3) is 22.8 Å². The molecule has 0 aliphatic carbocycles. The number of aromatic nitrogens is 6. The van der Waals surface area contributed by atoms with Gasteiger partial charge in [0, 0.05) is 30.4 Å². The molecule has 4 aromatic rings. The molecule has 1 N–H and O–H groups in total. The summed E-state index contributed by atoms with van der Waals surface area (Å²) in [6.45, 7) is 6.11. The Bertz CT molecular complexity index is 1490. The number of alkyl halides is 3. The summed E-state index contributed by atoms with van der Waals surface area (Å²) in [5, 5.41) is 19.7. The van der Waals surface area contributed by atoms with Crippen molar-refractivity contribution < 1.29 is 23.1 Å². The number of nitrogens with zero attached hydrogens (tertiary/aromatic N) is 7. The van der Waals surface area contributed by atoms with Crippen molar-refractivity contribution in [2.45, 2.75) is 58.7 Å². The van der Waals surface area contributed by atoms with Gasteiger partial charge in [0.25, 0.3) is 5.91 Å². The van der Waals surface area contributed by atoms with Crippen LogP contribution in [-0.2, 0) is 30.6 Å². The van der Waals surface area contributed by atoms with Crippen LogP contribution in [-0.4, -0.2) is 46.2 Å². The van der Waals surface area contributed by atoms with E-state index in [2.05, 4.69) is 15.2 Å². The van der Waals surface area contributed by atoms with Gasteiger partial charge in [0.15, 0.2) is 11.8 Å². The van der Waals surface area contributed by atoms with Crippen LogP contribution in [0.4, 0.5) is 19.0 Å². The SMILES string of the molecule is CCn1cc(C(F)(F)F)nc1-c1ccc(CN2C(=O)C(O)Cn3nc(-c4c(Cl)cnn4C(C)C)cc32)cc1. The molecule has 1 aliphatic rings. The van der Waals surface area contributed by atoms with E-state index in [4.69, 9.17) is 11.6 Å². The minimum atomic E-state index is -4.54. The van der Waals surface area contributed by atoms with Crippen LogP contribution in [0.15, 0.2) is 42.7 Å². The molecule has 0 spiro atoms. The third-order valence-electron chi connectivity index (χ3n) is 6.38. The molecular weight excluding hydrogens is 523 g/mol. The predicted octanol–water partition coefficient (Wildman–Crippen LogP) is 4.79. The van der Waals surface area contributed by atoms with Gasteiger partial charge < -0.3 is 9.67 Å². The van der Waals surface area contributed by atoms with E-state index in [1.54, 1.807) is 46.6 Å². The van der Waals surface area contributed by atoms with Gasteiger partial charge in [-0.25, -0.2) is 9.67 Å². The van der Waals surface area contributed by atoms with E-state index >= 15 is 0 Å². The molecule has 13 heteroatoms. The summed E-state index contributed by atoms with van der Waals surface area (Å²) >= 11 is 6.39. The highest BCUT2D eigenvalue weighted by molar-refractivity contribution is 6.33. The fourth-order valence-corrected chi connectivity index (χ4v) is 4.73. The van der Waals surface area contributed by atoms with Crippen LogP contribution >= 0.6 is 11.6 Å². The lowest BCUT2D eigenvalue weighted by Crippen LogP contribution is -2.46. The molecule has 5 rings (SSSR count). The number of carbonyl (C=O) groups excluding carboxylic acids is 1. The topological polar surface area (TPSA) is 94.0 Å². The van der Waals surface area contributed by atoms with Crippen LogP contribution < -0.4 is 4.90 Å². The van der Waals surface area contributed by atoms with E-state index < -0.39 is 23.9 Å². The van der Waals surface area contributed by atoms with E-state index in [0.717, 1.165) is 6.20 Å². The van der Waals surface area contributed by atoms with Crippen molar-refractivity contribution in [3.05, 3.63) is 59.0 Å². The lowest BCUT2D eigenvalue weighted by molar-refractivity contribution is -0.140. The number of halogens is 4. The Kier molecular flexibility index (Phi) is 6.56. The maximum atomic E-state index is 13.2. The molecule has 1 aromatic carbocycles. The molecule has 9 nitrogen and oxygen atoms in total. The summed E-state index contributed by atoms with van der Waals surface area (Å²) in [6, 6.07) is 8.53. The Morgan fingerprint density at radius 1 is 1.21 bits per heavy atom. The first-order valence-electron chi connectivity index (χ1n) is 12.0. The van der Waals surface area contributed by atoms with Gasteiger partial charge in [0.1, 0.15) is 23.0 Å². The molecule has 3 aromatic heterocycles. The van der Waals surface area contributed by atoms with Crippen LogP contribution in [0, 0.1) is 0 Å². The third kappa shape index (κ3) is 4.58. The number of benzene rings is 1. The van der Waals surface area contributed by atoms with Gasteiger partial charge in [-0.2, -0.15) is 23.4 Å². The number of fused-ring (bicyclic) bond motifs is 1. The van der Waals surface area contributed by atoms with Gasteiger partial charge in [-0.05, 0) is 26.3 Å². The van der Waals surface area contributed by atoms with E-state index in [-0.39, 0.29) is 25.0 Å². The van der Waals surface area contributed by atoms with Gasteiger partial charge in [-0.1, -0.05) is 35.9 Å². The molecule has 1 unspecified atom stereocenters. The molecule has 0 saturated carbocycles. The van der Waals surface area contributed by atoms with Crippen molar-refractivity contribution in [2.24, 2.45) is 0 Å². The second-order valence-corrected chi connectivity index (χ2v) is 9.73. The zero-order valence-electron chi connectivity index (χ0n) is 20.8. The van der Waals surface area contributed by atoms with Gasteiger partial charge in [-0.15, -0.1) is 0 Å². The first-order chi connectivity index (χ1) is 18.0. The van der Waals surface area contributed by atoms with E-state index in [0.29, 0.717) is 39.9 Å². The van der Waals surface area contributed by atoms with Gasteiger partial charge >= 0.3 is 6.18 Å². The highest BCUT2D eigenvalue weighted by Gasteiger charge is 2.36. The quantitative estimate of drug-likeness (QED) is 0.374. The van der Waals surface area contributed by atoms with Crippen molar-refractivity contribution in [2.75, 3.05) is 4.90 Å². The molecular formula is C25H25ClF3N7O2. The number of hydrogen-bond donors (Lipinski definition) is 1. The maximum absolute atomic E-state index is 13.2. The number of aliphatic hydroxyl groups excluding tert-OH is 1. The number of amides is 1. The number of imidazole rings is 1. The lowest BCUT2D eigenvalue weighted by Gasteiger charge is -2.30. The Hall–Kier alpha value is -3.64. The number of hydrogen-bond acceptors (Lipinski definition) is 5. The Morgan fingerprint density at radius 2 is 1.92 bits per heavy atom. The van der Waals surface area contributed by atoms with E-state index in [9.17, 15) is 23.1 Å². The fraction of sp³-hybridized carbons (Fsp3) is 0.360. The summed E-state index contributed by atoms with van der Waals surface area (Å²) in [5.41, 5.74) is 1.40. The van der Waals surface area contributed by atoms with Crippen LogP contribution in [0.3, 0.4) is 0 Å². The minimum absolute atomic E-state index is 0.00173. The van der Waals surface area contributed by atoms with Gasteiger partial charge in [0.05, 0.1) is 24.3 Å². The summed E-state index contributed by atoms with van der Waals surface area (Å²) in [5.74, 6) is 0.216. The molecule has 38 heavy (non-hydrogen) atoms. The second-order valence-electron chi connectivity index (χ2n) is 9.32. The smallest absolute Gasteiger partial charge is 0.381 e. The molecule has 0 fully saturated rings. The molecule has 1 aliphatic heterocycles. The highest BCUT2D eigenvalue weighted by atomic mass is 35.5. The van der Waals surface area contributed by atoms with Crippen molar-refractivity contribution in [1.29, 1.82) is 0 Å². The maximum Gasteiger partial charge on any atom is 0.434 e. The molecule has 0 radical (unpaired) electrons. The van der Waals surface area contributed by atoms with E-state index in [1.165, 1.54) is 15.7 Å². The summed E-state index contributed by atoms with van der Waals surface area (Å²) < 4.78 is 44.2. The highest BCUT2D eigenvalue weighted by Crippen LogP contribution is 2.35. The Balaban J connectivity index is 1.45. The van der Waals surface area contributed by atoms with Crippen LogP contribution in [0.2, 0.25) is 5.02 Å². The second kappa shape index (κ2) is 9.59. The van der Waals surface area contributed by atoms with Crippen molar-refractivity contribution >= 4 is 23.3 Å².